The minimum atomic E-state index is -0.788. The molecule has 3 amide bonds. The van der Waals surface area contributed by atoms with Crippen LogP contribution in [0.4, 0.5) is 4.39 Å². The quantitative estimate of drug-likeness (QED) is 0.518. The van der Waals surface area contributed by atoms with Gasteiger partial charge in [0.15, 0.2) is 0 Å². The molecular formula is C10H8FN3O3. The Kier molecular flexibility index (Phi) is 2.82. The van der Waals surface area contributed by atoms with Crippen molar-refractivity contribution in [3.05, 3.63) is 29.8 Å². The summed E-state index contributed by atoms with van der Waals surface area (Å²) in [7, 11) is 0. The Labute approximate surface area is 95.4 Å². The molecule has 0 aliphatic carbocycles. The standard InChI is InChI=1S/C10H8FN3O3/c11-7-3-1-2-6(12-7)10(17)14-4-8(15)13-9(16)5-14/h1-3H,4-5H2,(H,13,15,16). The fourth-order valence-electron chi connectivity index (χ4n) is 1.47. The lowest BCUT2D eigenvalue weighted by molar-refractivity contribution is -0.135. The number of nitrogens with one attached hydrogen (secondary N) is 1. The van der Waals surface area contributed by atoms with E-state index in [0.717, 1.165) is 11.0 Å². The summed E-state index contributed by atoms with van der Waals surface area (Å²) in [6.45, 7) is -0.467. The average Bonchev–Trinajstić information content (AvgIpc) is 2.26. The second-order valence-corrected chi connectivity index (χ2v) is 3.48. The Balaban J connectivity index is 2.20. The van der Waals surface area contributed by atoms with Crippen LogP contribution in [0.2, 0.25) is 0 Å². The van der Waals surface area contributed by atoms with Crippen LogP contribution in [0.15, 0.2) is 18.2 Å². The number of nitrogens with zero attached hydrogens (tertiary/aromatic N) is 2. The smallest absolute Gasteiger partial charge is 0.273 e. The van der Waals surface area contributed by atoms with Crippen molar-refractivity contribution in [2.24, 2.45) is 0 Å². The molecule has 6 nitrogen and oxygen atoms in total. The summed E-state index contributed by atoms with van der Waals surface area (Å²) < 4.78 is 12.8. The van der Waals surface area contributed by atoms with E-state index < -0.39 is 23.7 Å². The van der Waals surface area contributed by atoms with E-state index in [4.69, 9.17) is 0 Å². The highest BCUT2D eigenvalue weighted by Gasteiger charge is 2.27. The molecule has 1 saturated heterocycles. The number of rotatable bonds is 1. The molecule has 1 aliphatic heterocycles. The fraction of sp³-hybridized carbons (Fsp3) is 0.200. The number of halogens is 1. The van der Waals surface area contributed by atoms with Crippen LogP contribution in [-0.2, 0) is 9.59 Å². The van der Waals surface area contributed by atoms with Crippen LogP contribution in [0.3, 0.4) is 0 Å². The summed E-state index contributed by atoms with van der Waals surface area (Å²) >= 11 is 0. The van der Waals surface area contributed by atoms with Gasteiger partial charge in [-0.05, 0) is 12.1 Å². The van der Waals surface area contributed by atoms with Crippen molar-refractivity contribution in [3.8, 4) is 0 Å². The Bertz CT molecular complexity index is 487. The highest BCUT2D eigenvalue weighted by Crippen LogP contribution is 2.05. The summed E-state index contributed by atoms with van der Waals surface area (Å²) in [6.07, 6.45) is 0. The van der Waals surface area contributed by atoms with E-state index in [1.807, 2.05) is 0 Å². The highest BCUT2D eigenvalue weighted by molar-refractivity contribution is 6.05. The number of pyridine rings is 1. The third kappa shape index (κ3) is 2.44. The zero-order valence-electron chi connectivity index (χ0n) is 8.64. The van der Waals surface area contributed by atoms with Gasteiger partial charge in [-0.15, -0.1) is 0 Å². The number of amides is 3. The zero-order valence-corrected chi connectivity index (χ0v) is 8.64. The van der Waals surface area contributed by atoms with Crippen LogP contribution in [-0.4, -0.2) is 40.7 Å². The molecule has 0 aromatic carbocycles. The first-order chi connectivity index (χ1) is 8.06. The van der Waals surface area contributed by atoms with Crippen molar-refractivity contribution in [3.63, 3.8) is 0 Å². The molecule has 1 aromatic rings. The lowest BCUT2D eigenvalue weighted by atomic mass is 10.2. The topological polar surface area (TPSA) is 79.4 Å². The molecule has 0 radical (unpaired) electrons. The second-order valence-electron chi connectivity index (χ2n) is 3.48. The molecule has 0 unspecified atom stereocenters. The van der Waals surface area contributed by atoms with Gasteiger partial charge in [0.2, 0.25) is 17.8 Å². The molecule has 1 aliphatic rings. The van der Waals surface area contributed by atoms with E-state index >= 15 is 0 Å². The van der Waals surface area contributed by atoms with Gasteiger partial charge in [0.1, 0.15) is 18.8 Å². The largest absolute Gasteiger partial charge is 0.319 e. The maximum atomic E-state index is 12.8. The first-order valence-electron chi connectivity index (χ1n) is 4.81. The minimum absolute atomic E-state index is 0.132. The third-order valence-electron chi connectivity index (χ3n) is 2.17. The van der Waals surface area contributed by atoms with E-state index in [9.17, 15) is 18.8 Å². The summed E-state index contributed by atoms with van der Waals surface area (Å²) in [4.78, 5) is 38.4. The molecule has 1 N–H and O–H groups in total. The monoisotopic (exact) mass is 237 g/mol. The molecule has 17 heavy (non-hydrogen) atoms. The fourth-order valence-corrected chi connectivity index (χ4v) is 1.47. The van der Waals surface area contributed by atoms with Gasteiger partial charge < -0.3 is 4.90 Å². The Hall–Kier alpha value is -2.31. The molecule has 2 heterocycles. The van der Waals surface area contributed by atoms with Crippen LogP contribution in [0.5, 0.6) is 0 Å². The highest BCUT2D eigenvalue weighted by atomic mass is 19.1. The van der Waals surface area contributed by atoms with Crippen molar-refractivity contribution < 1.29 is 18.8 Å². The number of carbonyl (C=O) groups excluding carboxylic acids is 3. The summed E-state index contributed by atoms with van der Waals surface area (Å²) in [5.74, 6) is -2.56. The number of piperazine rings is 1. The maximum absolute atomic E-state index is 12.8. The van der Waals surface area contributed by atoms with Crippen LogP contribution in [0.25, 0.3) is 0 Å². The molecular weight excluding hydrogens is 229 g/mol. The van der Waals surface area contributed by atoms with Crippen molar-refractivity contribution in [2.45, 2.75) is 0 Å². The summed E-state index contributed by atoms with van der Waals surface area (Å²) in [5.41, 5.74) is -0.132. The van der Waals surface area contributed by atoms with E-state index in [2.05, 4.69) is 10.3 Å². The minimum Gasteiger partial charge on any atom is -0.319 e. The van der Waals surface area contributed by atoms with E-state index in [-0.39, 0.29) is 18.8 Å². The van der Waals surface area contributed by atoms with Crippen LogP contribution >= 0.6 is 0 Å². The first kappa shape index (κ1) is 11.2. The summed E-state index contributed by atoms with van der Waals surface area (Å²) in [5, 5.41) is 2.06. The number of imide groups is 1. The van der Waals surface area contributed by atoms with Crippen molar-refractivity contribution in [1.82, 2.24) is 15.2 Å². The number of hydrogen-bond donors (Lipinski definition) is 1. The van der Waals surface area contributed by atoms with Gasteiger partial charge >= 0.3 is 0 Å². The lowest BCUT2D eigenvalue weighted by Gasteiger charge is -2.24. The van der Waals surface area contributed by atoms with Gasteiger partial charge in [0.25, 0.3) is 5.91 Å². The number of carbonyl (C=O) groups is 3. The predicted octanol–water partition coefficient (Wildman–Crippen LogP) is -0.681. The van der Waals surface area contributed by atoms with Crippen LogP contribution in [0.1, 0.15) is 10.5 Å². The zero-order chi connectivity index (χ0) is 12.4. The summed E-state index contributed by atoms with van der Waals surface area (Å²) in [6, 6.07) is 3.76. The predicted molar refractivity (Wildman–Crippen MR) is 53.2 cm³/mol. The van der Waals surface area contributed by atoms with Gasteiger partial charge in [0, 0.05) is 0 Å². The second kappa shape index (κ2) is 4.28. The van der Waals surface area contributed by atoms with Gasteiger partial charge in [-0.1, -0.05) is 6.07 Å². The number of hydrogen-bond acceptors (Lipinski definition) is 4. The van der Waals surface area contributed by atoms with Crippen molar-refractivity contribution in [1.29, 1.82) is 0 Å². The van der Waals surface area contributed by atoms with Gasteiger partial charge in [0.05, 0.1) is 0 Å². The Morgan fingerprint density at radius 1 is 1.29 bits per heavy atom. The van der Waals surface area contributed by atoms with Crippen LogP contribution < -0.4 is 5.32 Å². The Morgan fingerprint density at radius 2 is 1.94 bits per heavy atom. The molecule has 1 aromatic heterocycles. The van der Waals surface area contributed by atoms with Gasteiger partial charge in [-0.3, -0.25) is 19.7 Å². The SMILES string of the molecule is O=C1CN(C(=O)c2cccc(F)n2)CC(=O)N1. The van der Waals surface area contributed by atoms with Crippen molar-refractivity contribution >= 4 is 17.7 Å². The molecule has 0 bridgehead atoms. The molecule has 0 spiro atoms. The van der Waals surface area contributed by atoms with Gasteiger partial charge in [-0.25, -0.2) is 4.98 Å². The normalized spacial score (nSPS) is 15.7. The van der Waals surface area contributed by atoms with Crippen molar-refractivity contribution in [2.75, 3.05) is 13.1 Å². The van der Waals surface area contributed by atoms with E-state index in [1.165, 1.54) is 12.1 Å². The first-order valence-corrected chi connectivity index (χ1v) is 4.81. The third-order valence-corrected chi connectivity index (χ3v) is 2.17. The maximum Gasteiger partial charge on any atom is 0.273 e. The lowest BCUT2D eigenvalue weighted by Crippen LogP contribution is -2.53. The molecule has 2 rings (SSSR count). The molecule has 7 heteroatoms. The van der Waals surface area contributed by atoms with E-state index in [0.29, 0.717) is 0 Å². The molecule has 88 valence electrons. The Morgan fingerprint density at radius 3 is 2.53 bits per heavy atom. The van der Waals surface area contributed by atoms with Gasteiger partial charge in [-0.2, -0.15) is 4.39 Å². The van der Waals surface area contributed by atoms with E-state index in [1.54, 1.807) is 0 Å². The molecule has 0 saturated carbocycles. The average molecular weight is 237 g/mol. The number of aromatic nitrogens is 1. The van der Waals surface area contributed by atoms with Crippen LogP contribution in [0, 0.1) is 5.95 Å². The molecule has 1 fully saturated rings. The molecule has 0 atom stereocenters.